The molecule has 1 amide bonds. The number of amides is 1. The molecule has 0 unspecified atom stereocenters. The normalized spacial score (nSPS) is 9.65. The molecule has 20 heavy (non-hydrogen) atoms. The number of anilines is 2. The molecule has 0 radical (unpaired) electrons. The van der Waals surface area contributed by atoms with Crippen LogP contribution in [0, 0.1) is 0 Å². The van der Waals surface area contributed by atoms with E-state index in [2.05, 4.69) is 15.6 Å². The summed E-state index contributed by atoms with van der Waals surface area (Å²) in [4.78, 5) is 11.8. The number of nitrogens with zero attached hydrogens (tertiary/aromatic N) is 3. The highest BCUT2D eigenvalue weighted by Crippen LogP contribution is 2.24. The Hall–Kier alpha value is -2.28. The summed E-state index contributed by atoms with van der Waals surface area (Å²) in [6, 6.07) is 5.11. The van der Waals surface area contributed by atoms with Crippen molar-refractivity contribution in [1.29, 1.82) is 0 Å². The molecule has 108 valence electrons. The number of nitrogens with two attached hydrogens (primary N) is 1. The molecule has 0 atom stereocenters. The van der Waals surface area contributed by atoms with Gasteiger partial charge in [0, 0.05) is 18.7 Å². The van der Waals surface area contributed by atoms with Crippen LogP contribution < -0.4 is 15.8 Å². The van der Waals surface area contributed by atoms with Gasteiger partial charge in [0.15, 0.2) is 0 Å². The minimum Gasteiger partial charge on any atom is -0.497 e. The lowest BCUT2D eigenvalue weighted by atomic mass is 10.2. The number of carbonyl (C=O) groups excluding carboxylic acids is 1. The van der Waals surface area contributed by atoms with E-state index in [4.69, 9.17) is 10.5 Å². The highest BCUT2D eigenvalue weighted by atomic mass is 35.5. The molecule has 0 fully saturated rings. The minimum atomic E-state index is -0.143. The third-order valence-corrected chi connectivity index (χ3v) is 2.57. The van der Waals surface area contributed by atoms with Gasteiger partial charge in [0.05, 0.1) is 31.2 Å². The second kappa shape index (κ2) is 7.34. The third-order valence-electron chi connectivity index (χ3n) is 2.57. The highest BCUT2D eigenvalue weighted by Gasteiger charge is 2.07. The van der Waals surface area contributed by atoms with E-state index in [0.29, 0.717) is 30.1 Å². The smallest absolute Gasteiger partial charge is 0.226 e. The number of ether oxygens (including phenoxy) is 1. The van der Waals surface area contributed by atoms with Gasteiger partial charge in [-0.05, 0) is 12.1 Å². The summed E-state index contributed by atoms with van der Waals surface area (Å²) in [5, 5.41) is 10.2. The number of nitrogens with one attached hydrogen (secondary N) is 1. The zero-order chi connectivity index (χ0) is 13.7. The summed E-state index contributed by atoms with van der Waals surface area (Å²) in [5.74, 6) is 0.497. The molecule has 0 spiro atoms. The number of carbonyl (C=O) groups is 1. The molecule has 3 N–H and O–H groups in total. The van der Waals surface area contributed by atoms with Crippen molar-refractivity contribution in [2.75, 3.05) is 18.2 Å². The van der Waals surface area contributed by atoms with Gasteiger partial charge in [0.2, 0.25) is 5.91 Å². The van der Waals surface area contributed by atoms with Crippen LogP contribution in [0.25, 0.3) is 0 Å². The summed E-state index contributed by atoms with van der Waals surface area (Å²) in [7, 11) is 1.56. The number of halogens is 1. The van der Waals surface area contributed by atoms with Gasteiger partial charge in [-0.25, -0.2) is 0 Å². The number of benzene rings is 1. The first-order chi connectivity index (χ1) is 9.19. The summed E-state index contributed by atoms with van der Waals surface area (Å²) in [6.07, 6.45) is 3.56. The summed E-state index contributed by atoms with van der Waals surface area (Å²) < 4.78 is 6.67. The number of aryl methyl sites for hydroxylation is 1. The number of nitrogen functional groups attached to an aromatic ring is 1. The zero-order valence-corrected chi connectivity index (χ0v) is 11.8. The standard InChI is InChI=1S/C12H15N5O2.ClH/c1-19-9-2-3-10(13)11(8-9)15-12(18)4-6-17-7-5-14-16-17;/h2-3,5,7-8H,4,6,13H2,1H3,(H,15,18);1H. The fourth-order valence-corrected chi connectivity index (χ4v) is 1.55. The Balaban J connectivity index is 0.00000200. The summed E-state index contributed by atoms with van der Waals surface area (Å²) in [5.41, 5.74) is 6.83. The van der Waals surface area contributed by atoms with Crippen LogP contribution in [0.4, 0.5) is 11.4 Å². The average molecular weight is 298 g/mol. The Morgan fingerprint density at radius 2 is 2.30 bits per heavy atom. The monoisotopic (exact) mass is 297 g/mol. The molecule has 0 bridgehead atoms. The molecule has 1 aromatic carbocycles. The number of hydrogen-bond donors (Lipinski definition) is 2. The van der Waals surface area contributed by atoms with Crippen molar-refractivity contribution < 1.29 is 9.53 Å². The fraction of sp³-hybridized carbons (Fsp3) is 0.250. The van der Waals surface area contributed by atoms with Crippen LogP contribution in [-0.2, 0) is 11.3 Å². The third kappa shape index (κ3) is 4.13. The first-order valence-corrected chi connectivity index (χ1v) is 5.76. The Labute approximate surface area is 122 Å². The van der Waals surface area contributed by atoms with E-state index in [9.17, 15) is 4.79 Å². The van der Waals surface area contributed by atoms with Gasteiger partial charge in [-0.1, -0.05) is 5.21 Å². The molecule has 0 aliphatic rings. The van der Waals surface area contributed by atoms with E-state index in [-0.39, 0.29) is 18.3 Å². The topological polar surface area (TPSA) is 95.1 Å². The van der Waals surface area contributed by atoms with E-state index >= 15 is 0 Å². The van der Waals surface area contributed by atoms with Crippen LogP contribution in [0.15, 0.2) is 30.6 Å². The Kier molecular flexibility index (Phi) is 5.79. The summed E-state index contributed by atoms with van der Waals surface area (Å²) in [6.45, 7) is 0.468. The van der Waals surface area contributed by atoms with E-state index in [1.165, 1.54) is 0 Å². The van der Waals surface area contributed by atoms with Crippen LogP contribution in [0.2, 0.25) is 0 Å². The van der Waals surface area contributed by atoms with Crippen molar-refractivity contribution in [3.05, 3.63) is 30.6 Å². The molecule has 2 rings (SSSR count). The van der Waals surface area contributed by atoms with Gasteiger partial charge in [0.25, 0.3) is 0 Å². The van der Waals surface area contributed by atoms with Crippen molar-refractivity contribution in [3.8, 4) is 5.75 Å². The second-order valence-corrected chi connectivity index (χ2v) is 3.92. The maximum absolute atomic E-state index is 11.8. The first-order valence-electron chi connectivity index (χ1n) is 5.76. The van der Waals surface area contributed by atoms with E-state index < -0.39 is 0 Å². The van der Waals surface area contributed by atoms with E-state index in [1.807, 2.05) is 0 Å². The van der Waals surface area contributed by atoms with Crippen molar-refractivity contribution in [2.24, 2.45) is 0 Å². The molecular formula is C12H16ClN5O2. The fourth-order valence-electron chi connectivity index (χ4n) is 1.55. The molecule has 8 heteroatoms. The molecular weight excluding hydrogens is 282 g/mol. The molecule has 0 aliphatic carbocycles. The van der Waals surface area contributed by atoms with Gasteiger partial charge in [0.1, 0.15) is 5.75 Å². The quantitative estimate of drug-likeness (QED) is 0.812. The lowest BCUT2D eigenvalue weighted by Gasteiger charge is -2.09. The first kappa shape index (κ1) is 15.8. The molecule has 1 heterocycles. The van der Waals surface area contributed by atoms with Crippen LogP contribution in [0.1, 0.15) is 6.42 Å². The van der Waals surface area contributed by atoms with Gasteiger partial charge < -0.3 is 15.8 Å². The molecule has 0 aliphatic heterocycles. The maximum atomic E-state index is 11.8. The second-order valence-electron chi connectivity index (χ2n) is 3.92. The van der Waals surface area contributed by atoms with Crippen LogP contribution in [-0.4, -0.2) is 28.0 Å². The minimum absolute atomic E-state index is 0. The zero-order valence-electron chi connectivity index (χ0n) is 10.9. The number of aromatic nitrogens is 3. The Bertz CT molecular complexity index is 559. The highest BCUT2D eigenvalue weighted by molar-refractivity contribution is 5.94. The van der Waals surface area contributed by atoms with Crippen LogP contribution >= 0.6 is 12.4 Å². The Morgan fingerprint density at radius 1 is 1.50 bits per heavy atom. The van der Waals surface area contributed by atoms with Crippen molar-refractivity contribution >= 4 is 29.7 Å². The maximum Gasteiger partial charge on any atom is 0.226 e. The SMILES string of the molecule is COc1ccc(N)c(NC(=O)CCn2ccnn2)c1.Cl. The van der Waals surface area contributed by atoms with Crippen molar-refractivity contribution in [2.45, 2.75) is 13.0 Å². The van der Waals surface area contributed by atoms with E-state index in [1.54, 1.807) is 42.4 Å². The van der Waals surface area contributed by atoms with Crippen LogP contribution in [0.3, 0.4) is 0 Å². The van der Waals surface area contributed by atoms with Gasteiger partial charge in [-0.15, -0.1) is 17.5 Å². The predicted octanol–water partition coefficient (Wildman–Crippen LogP) is 1.32. The number of hydrogen-bond acceptors (Lipinski definition) is 5. The lowest BCUT2D eigenvalue weighted by Crippen LogP contribution is -2.15. The van der Waals surface area contributed by atoms with E-state index in [0.717, 1.165) is 0 Å². The largest absolute Gasteiger partial charge is 0.497 e. The molecule has 7 nitrogen and oxygen atoms in total. The molecule has 0 saturated carbocycles. The lowest BCUT2D eigenvalue weighted by molar-refractivity contribution is -0.116. The summed E-state index contributed by atoms with van der Waals surface area (Å²) >= 11 is 0. The molecule has 0 saturated heterocycles. The van der Waals surface area contributed by atoms with Crippen LogP contribution in [0.5, 0.6) is 5.75 Å². The predicted molar refractivity (Wildman–Crippen MR) is 77.9 cm³/mol. The van der Waals surface area contributed by atoms with Crippen molar-refractivity contribution in [1.82, 2.24) is 15.0 Å². The molecule has 1 aromatic heterocycles. The molecule has 2 aromatic rings. The van der Waals surface area contributed by atoms with Gasteiger partial charge in [-0.3, -0.25) is 9.48 Å². The van der Waals surface area contributed by atoms with Gasteiger partial charge in [-0.2, -0.15) is 0 Å². The van der Waals surface area contributed by atoms with Gasteiger partial charge >= 0.3 is 0 Å². The van der Waals surface area contributed by atoms with Crippen molar-refractivity contribution in [3.63, 3.8) is 0 Å². The average Bonchev–Trinajstić information content (AvgIpc) is 2.92. The number of rotatable bonds is 5. The Morgan fingerprint density at radius 3 is 2.95 bits per heavy atom. The number of methoxy groups -OCH3 is 1.